The van der Waals surface area contributed by atoms with Gasteiger partial charge in [-0.1, -0.05) is 18.2 Å². The van der Waals surface area contributed by atoms with Crippen molar-refractivity contribution in [1.82, 2.24) is 9.62 Å². The number of carbonyl (C=O) groups excluding carboxylic acids is 1. The minimum Gasteiger partial charge on any atom is -0.349 e. The van der Waals surface area contributed by atoms with E-state index in [4.69, 9.17) is 0 Å². The van der Waals surface area contributed by atoms with Gasteiger partial charge < -0.3 is 4.90 Å². The van der Waals surface area contributed by atoms with Crippen LogP contribution in [0, 0.1) is 0 Å². The summed E-state index contributed by atoms with van der Waals surface area (Å²) in [5.74, 6) is -0.110. The van der Waals surface area contributed by atoms with E-state index in [0.717, 1.165) is 0 Å². The van der Waals surface area contributed by atoms with E-state index in [-0.39, 0.29) is 23.8 Å². The maximum Gasteiger partial charge on any atom is 0.240 e. The van der Waals surface area contributed by atoms with Crippen molar-refractivity contribution >= 4 is 15.9 Å². The van der Waals surface area contributed by atoms with Gasteiger partial charge >= 0.3 is 0 Å². The molecule has 17 heavy (non-hydrogen) atoms. The summed E-state index contributed by atoms with van der Waals surface area (Å²) in [4.78, 5) is 12.9. The number of amides is 1. The van der Waals surface area contributed by atoms with Gasteiger partial charge in [-0.25, -0.2) is 13.1 Å². The molecule has 0 aliphatic rings. The number of hydrogen-bond donors (Lipinski definition) is 1. The van der Waals surface area contributed by atoms with Crippen molar-refractivity contribution in [3.05, 3.63) is 30.3 Å². The van der Waals surface area contributed by atoms with Crippen molar-refractivity contribution in [2.45, 2.75) is 11.3 Å². The van der Waals surface area contributed by atoms with Gasteiger partial charge in [-0.3, -0.25) is 4.79 Å². The maximum absolute atomic E-state index is 11.7. The number of benzene rings is 1. The van der Waals surface area contributed by atoms with Crippen LogP contribution >= 0.6 is 0 Å². The Balaban J connectivity index is 2.55. The molecule has 0 aromatic heterocycles. The first-order valence-electron chi connectivity index (χ1n) is 5.18. The van der Waals surface area contributed by atoms with Crippen molar-refractivity contribution in [2.24, 2.45) is 0 Å². The lowest BCUT2D eigenvalue weighted by Gasteiger charge is -2.10. The second-order valence-electron chi connectivity index (χ2n) is 3.75. The highest BCUT2D eigenvalue weighted by molar-refractivity contribution is 7.89. The van der Waals surface area contributed by atoms with Crippen LogP contribution in [-0.4, -0.2) is 39.9 Å². The summed E-state index contributed by atoms with van der Waals surface area (Å²) in [5.41, 5.74) is 0. The molecule has 6 heteroatoms. The van der Waals surface area contributed by atoms with Gasteiger partial charge in [0.2, 0.25) is 15.9 Å². The zero-order valence-corrected chi connectivity index (χ0v) is 10.7. The Labute approximate surface area is 101 Å². The topological polar surface area (TPSA) is 66.5 Å². The van der Waals surface area contributed by atoms with Gasteiger partial charge in [-0.05, 0) is 12.1 Å². The smallest absolute Gasteiger partial charge is 0.240 e. The maximum atomic E-state index is 11.7. The molecule has 1 aromatic rings. The lowest BCUT2D eigenvalue weighted by atomic mass is 10.4. The van der Waals surface area contributed by atoms with E-state index in [1.807, 2.05) is 0 Å². The third-order valence-corrected chi connectivity index (χ3v) is 3.66. The molecule has 0 bridgehead atoms. The predicted molar refractivity (Wildman–Crippen MR) is 64.9 cm³/mol. The van der Waals surface area contributed by atoms with Gasteiger partial charge in [0, 0.05) is 27.1 Å². The van der Waals surface area contributed by atoms with E-state index in [0.29, 0.717) is 0 Å². The molecule has 0 aliphatic carbocycles. The number of sulfonamides is 1. The Morgan fingerprint density at radius 2 is 1.82 bits per heavy atom. The molecule has 5 nitrogen and oxygen atoms in total. The minimum absolute atomic E-state index is 0.105. The van der Waals surface area contributed by atoms with Crippen LogP contribution in [-0.2, 0) is 14.8 Å². The van der Waals surface area contributed by atoms with Crippen molar-refractivity contribution in [3.8, 4) is 0 Å². The first kappa shape index (κ1) is 13.7. The predicted octanol–water partition coefficient (Wildman–Crippen LogP) is 0.443. The molecule has 1 rings (SSSR count). The molecule has 0 radical (unpaired) electrons. The molecule has 1 N–H and O–H groups in total. The van der Waals surface area contributed by atoms with Crippen LogP contribution in [0.2, 0.25) is 0 Å². The largest absolute Gasteiger partial charge is 0.349 e. The summed E-state index contributed by atoms with van der Waals surface area (Å²) in [5, 5.41) is 0. The fourth-order valence-corrected chi connectivity index (χ4v) is 2.25. The summed E-state index contributed by atoms with van der Waals surface area (Å²) >= 11 is 0. The first-order chi connectivity index (χ1) is 7.93. The van der Waals surface area contributed by atoms with Crippen LogP contribution in [0.1, 0.15) is 6.42 Å². The Morgan fingerprint density at radius 1 is 1.24 bits per heavy atom. The van der Waals surface area contributed by atoms with Crippen molar-refractivity contribution in [3.63, 3.8) is 0 Å². The molecule has 0 saturated carbocycles. The van der Waals surface area contributed by atoms with Crippen LogP contribution in [0.15, 0.2) is 35.2 Å². The summed E-state index contributed by atoms with van der Waals surface area (Å²) in [6.45, 7) is 0.105. The van der Waals surface area contributed by atoms with E-state index in [1.54, 1.807) is 32.3 Å². The third-order valence-electron chi connectivity index (χ3n) is 2.18. The second kappa shape index (κ2) is 5.79. The van der Waals surface area contributed by atoms with E-state index in [2.05, 4.69) is 4.72 Å². The Hall–Kier alpha value is -1.40. The average molecular weight is 256 g/mol. The average Bonchev–Trinajstić information content (AvgIpc) is 2.29. The summed E-state index contributed by atoms with van der Waals surface area (Å²) in [6.07, 6.45) is 0.152. The summed E-state index contributed by atoms with van der Waals surface area (Å²) in [6, 6.07) is 8.07. The van der Waals surface area contributed by atoms with E-state index < -0.39 is 10.0 Å². The Morgan fingerprint density at radius 3 is 2.35 bits per heavy atom. The quantitative estimate of drug-likeness (QED) is 0.831. The molecule has 0 atom stereocenters. The Bertz CT molecular complexity index is 469. The van der Waals surface area contributed by atoms with Gasteiger partial charge in [0.1, 0.15) is 0 Å². The third kappa shape index (κ3) is 4.16. The highest BCUT2D eigenvalue weighted by atomic mass is 32.2. The van der Waals surface area contributed by atoms with Gasteiger partial charge in [-0.2, -0.15) is 0 Å². The monoisotopic (exact) mass is 256 g/mol. The molecule has 0 spiro atoms. The Kier molecular flexibility index (Phi) is 4.65. The standard InChI is InChI=1S/C11H16N2O3S/c1-13(2)11(14)8-9-12-17(15,16)10-6-4-3-5-7-10/h3-7,12H,8-9H2,1-2H3. The number of rotatable bonds is 5. The fraction of sp³-hybridized carbons (Fsp3) is 0.364. The minimum atomic E-state index is -3.50. The number of nitrogens with zero attached hydrogens (tertiary/aromatic N) is 1. The molecule has 0 heterocycles. The van der Waals surface area contributed by atoms with Crippen LogP contribution < -0.4 is 4.72 Å². The molecule has 0 fully saturated rings. The molecule has 0 aliphatic heterocycles. The number of nitrogens with one attached hydrogen (secondary N) is 1. The van der Waals surface area contributed by atoms with E-state index >= 15 is 0 Å². The number of carbonyl (C=O) groups is 1. The van der Waals surface area contributed by atoms with Crippen LogP contribution in [0.25, 0.3) is 0 Å². The number of hydrogen-bond acceptors (Lipinski definition) is 3. The van der Waals surface area contributed by atoms with Crippen LogP contribution in [0.5, 0.6) is 0 Å². The highest BCUT2D eigenvalue weighted by Gasteiger charge is 2.13. The van der Waals surface area contributed by atoms with Crippen molar-refractivity contribution in [1.29, 1.82) is 0 Å². The van der Waals surface area contributed by atoms with Crippen molar-refractivity contribution in [2.75, 3.05) is 20.6 Å². The lowest BCUT2D eigenvalue weighted by Crippen LogP contribution is -2.30. The van der Waals surface area contributed by atoms with Crippen molar-refractivity contribution < 1.29 is 13.2 Å². The highest BCUT2D eigenvalue weighted by Crippen LogP contribution is 2.06. The van der Waals surface area contributed by atoms with Gasteiger partial charge in [0.05, 0.1) is 4.90 Å². The summed E-state index contributed by atoms with van der Waals surface area (Å²) in [7, 11) is -0.236. The summed E-state index contributed by atoms with van der Waals surface area (Å²) < 4.78 is 25.9. The zero-order chi connectivity index (χ0) is 12.9. The fourth-order valence-electron chi connectivity index (χ4n) is 1.20. The second-order valence-corrected chi connectivity index (χ2v) is 5.52. The molecule has 1 aromatic carbocycles. The molecular weight excluding hydrogens is 240 g/mol. The molecule has 0 unspecified atom stereocenters. The lowest BCUT2D eigenvalue weighted by molar-refractivity contribution is -0.128. The molecular formula is C11H16N2O3S. The normalized spacial score (nSPS) is 11.2. The first-order valence-corrected chi connectivity index (χ1v) is 6.66. The van der Waals surface area contributed by atoms with E-state index in [9.17, 15) is 13.2 Å². The SMILES string of the molecule is CN(C)C(=O)CCNS(=O)(=O)c1ccccc1. The van der Waals surface area contributed by atoms with Gasteiger partial charge in [0.25, 0.3) is 0 Å². The van der Waals surface area contributed by atoms with Gasteiger partial charge in [0.15, 0.2) is 0 Å². The molecule has 0 saturated heterocycles. The molecule has 1 amide bonds. The van der Waals surface area contributed by atoms with Gasteiger partial charge in [-0.15, -0.1) is 0 Å². The van der Waals surface area contributed by atoms with Crippen LogP contribution in [0.3, 0.4) is 0 Å². The van der Waals surface area contributed by atoms with Crippen LogP contribution in [0.4, 0.5) is 0 Å². The molecule has 94 valence electrons. The van der Waals surface area contributed by atoms with E-state index in [1.165, 1.54) is 17.0 Å². The zero-order valence-electron chi connectivity index (χ0n) is 9.88.